The first-order valence-corrected chi connectivity index (χ1v) is 7.39. The number of aryl methyl sites for hydroxylation is 2. The second-order valence-electron chi connectivity index (χ2n) is 6.62. The van der Waals surface area contributed by atoms with Crippen LogP contribution in [0.3, 0.4) is 0 Å². The first-order chi connectivity index (χ1) is 9.79. The van der Waals surface area contributed by atoms with Gasteiger partial charge in [0.15, 0.2) is 0 Å². The molecule has 0 bridgehead atoms. The van der Waals surface area contributed by atoms with Gasteiger partial charge in [-0.3, -0.25) is 4.68 Å². The normalized spacial score (nSPS) is 18.0. The highest BCUT2D eigenvalue weighted by Gasteiger charge is 2.35. The molecule has 1 aromatic rings. The molecule has 1 fully saturated rings. The number of urea groups is 1. The van der Waals surface area contributed by atoms with Crippen LogP contribution < -0.4 is 5.32 Å². The number of nitrogens with zero attached hydrogens (tertiary/aromatic N) is 3. The lowest BCUT2D eigenvalue weighted by atomic mass is 9.88. The van der Waals surface area contributed by atoms with Crippen LogP contribution in [0.1, 0.15) is 25.2 Å². The molecule has 0 radical (unpaired) electrons. The van der Waals surface area contributed by atoms with E-state index < -0.39 is 0 Å². The van der Waals surface area contributed by atoms with Crippen LogP contribution in [0.5, 0.6) is 0 Å². The van der Waals surface area contributed by atoms with E-state index in [1.807, 2.05) is 38.6 Å². The zero-order valence-electron chi connectivity index (χ0n) is 13.6. The Morgan fingerprint density at radius 1 is 1.57 bits per heavy atom. The molecule has 0 saturated carbocycles. The van der Waals surface area contributed by atoms with Crippen molar-refractivity contribution in [2.24, 2.45) is 5.41 Å². The Bertz CT molecular complexity index is 508. The van der Waals surface area contributed by atoms with Crippen LogP contribution >= 0.6 is 0 Å². The van der Waals surface area contributed by atoms with Crippen molar-refractivity contribution in [2.75, 3.05) is 26.8 Å². The van der Waals surface area contributed by atoms with Crippen LogP contribution in [0.4, 0.5) is 4.79 Å². The van der Waals surface area contributed by atoms with Crippen LogP contribution in [-0.4, -0.2) is 53.6 Å². The van der Waals surface area contributed by atoms with E-state index in [0.717, 1.165) is 24.6 Å². The van der Waals surface area contributed by atoms with Gasteiger partial charge < -0.3 is 15.0 Å². The van der Waals surface area contributed by atoms with Crippen LogP contribution in [0.2, 0.25) is 0 Å². The Morgan fingerprint density at radius 2 is 2.24 bits per heavy atom. The van der Waals surface area contributed by atoms with E-state index in [0.29, 0.717) is 13.1 Å². The number of aromatic nitrogens is 2. The van der Waals surface area contributed by atoms with E-state index in [9.17, 15) is 4.79 Å². The summed E-state index contributed by atoms with van der Waals surface area (Å²) in [7, 11) is 1.83. The maximum absolute atomic E-state index is 12.2. The van der Waals surface area contributed by atoms with E-state index in [1.54, 1.807) is 4.90 Å². The van der Waals surface area contributed by atoms with E-state index in [-0.39, 0.29) is 17.5 Å². The van der Waals surface area contributed by atoms with Gasteiger partial charge in [-0.05, 0) is 26.8 Å². The van der Waals surface area contributed by atoms with Crippen molar-refractivity contribution in [1.29, 1.82) is 0 Å². The fraction of sp³-hybridized carbons (Fsp3) is 0.733. The van der Waals surface area contributed by atoms with Crippen molar-refractivity contribution in [1.82, 2.24) is 20.0 Å². The van der Waals surface area contributed by atoms with E-state index >= 15 is 0 Å². The smallest absolute Gasteiger partial charge is 0.317 e. The molecule has 6 heteroatoms. The second kappa shape index (κ2) is 6.05. The lowest BCUT2D eigenvalue weighted by Crippen LogP contribution is -2.52. The average molecular weight is 294 g/mol. The van der Waals surface area contributed by atoms with E-state index in [2.05, 4.69) is 17.3 Å². The minimum absolute atomic E-state index is 0.0309. The summed E-state index contributed by atoms with van der Waals surface area (Å²) in [6.07, 6.45) is 0. The number of nitrogens with one attached hydrogen (secondary N) is 1. The third kappa shape index (κ3) is 3.97. The van der Waals surface area contributed by atoms with Gasteiger partial charge in [-0.15, -0.1) is 0 Å². The molecule has 21 heavy (non-hydrogen) atoms. The Morgan fingerprint density at radius 3 is 2.71 bits per heavy atom. The number of carbonyl (C=O) groups excluding carboxylic acids is 1. The Kier molecular flexibility index (Phi) is 4.56. The second-order valence-corrected chi connectivity index (χ2v) is 6.62. The summed E-state index contributed by atoms with van der Waals surface area (Å²) in [6, 6.07) is 2.03. The Hall–Kier alpha value is -1.56. The van der Waals surface area contributed by atoms with Gasteiger partial charge >= 0.3 is 6.03 Å². The number of rotatable bonds is 5. The predicted molar refractivity (Wildman–Crippen MR) is 81.3 cm³/mol. The molecular formula is C15H26N4O2. The molecule has 0 spiro atoms. The Labute approximate surface area is 126 Å². The van der Waals surface area contributed by atoms with Gasteiger partial charge in [-0.1, -0.05) is 6.92 Å². The maximum Gasteiger partial charge on any atom is 0.317 e. The predicted octanol–water partition coefficient (Wildman–Crippen LogP) is 1.57. The standard InChI is InChI=1S/C15H26N4O2/c1-11-6-13(3)19(17-11)7-12(2)16-14(20)18(5)8-15(4)9-21-10-15/h6,12H,7-10H2,1-5H3,(H,16,20). The van der Waals surface area contributed by atoms with Crippen molar-refractivity contribution in [3.05, 3.63) is 17.5 Å². The summed E-state index contributed by atoms with van der Waals surface area (Å²) >= 11 is 0. The summed E-state index contributed by atoms with van der Waals surface area (Å²) in [6.45, 7) is 11.0. The Balaban J connectivity index is 1.82. The molecule has 6 nitrogen and oxygen atoms in total. The highest BCUT2D eigenvalue weighted by atomic mass is 16.5. The molecule has 2 heterocycles. The fourth-order valence-electron chi connectivity index (χ4n) is 2.67. The quantitative estimate of drug-likeness (QED) is 0.896. The largest absolute Gasteiger partial charge is 0.380 e. The number of hydrogen-bond donors (Lipinski definition) is 1. The molecule has 2 rings (SSSR count). The van der Waals surface area contributed by atoms with Crippen molar-refractivity contribution >= 4 is 6.03 Å². The van der Waals surface area contributed by atoms with Crippen molar-refractivity contribution < 1.29 is 9.53 Å². The number of carbonyl (C=O) groups is 1. The highest BCUT2D eigenvalue weighted by molar-refractivity contribution is 5.74. The lowest BCUT2D eigenvalue weighted by molar-refractivity contribution is -0.108. The molecule has 118 valence electrons. The number of hydrogen-bond acceptors (Lipinski definition) is 3. The zero-order valence-corrected chi connectivity index (χ0v) is 13.6. The summed E-state index contributed by atoms with van der Waals surface area (Å²) < 4.78 is 7.16. The molecule has 1 N–H and O–H groups in total. The van der Waals surface area contributed by atoms with Gasteiger partial charge in [0, 0.05) is 30.7 Å². The summed E-state index contributed by atoms with van der Waals surface area (Å²) in [4.78, 5) is 13.9. The molecule has 0 aromatic carbocycles. The first kappa shape index (κ1) is 15.8. The molecule has 1 aliphatic rings. The minimum Gasteiger partial charge on any atom is -0.380 e. The number of amides is 2. The SMILES string of the molecule is Cc1cc(C)n(CC(C)NC(=O)N(C)CC2(C)COC2)n1. The average Bonchev–Trinajstić information content (AvgIpc) is 2.65. The van der Waals surface area contributed by atoms with Crippen molar-refractivity contribution in [2.45, 2.75) is 40.3 Å². The number of ether oxygens (including phenoxy) is 1. The van der Waals surface area contributed by atoms with E-state index in [4.69, 9.17) is 4.74 Å². The maximum atomic E-state index is 12.2. The first-order valence-electron chi connectivity index (χ1n) is 7.39. The van der Waals surface area contributed by atoms with Crippen LogP contribution in [0, 0.1) is 19.3 Å². The van der Waals surface area contributed by atoms with Crippen molar-refractivity contribution in [3.63, 3.8) is 0 Å². The third-order valence-electron chi connectivity index (χ3n) is 3.79. The van der Waals surface area contributed by atoms with Gasteiger partial charge in [-0.2, -0.15) is 5.10 Å². The molecular weight excluding hydrogens is 268 g/mol. The van der Waals surface area contributed by atoms with Gasteiger partial charge in [0.2, 0.25) is 0 Å². The summed E-state index contributed by atoms with van der Waals surface area (Å²) in [5.74, 6) is 0. The molecule has 1 unspecified atom stereocenters. The summed E-state index contributed by atoms with van der Waals surface area (Å²) in [5, 5.41) is 7.44. The van der Waals surface area contributed by atoms with Crippen LogP contribution in [0.25, 0.3) is 0 Å². The lowest BCUT2D eigenvalue weighted by Gasteiger charge is -2.40. The molecule has 1 aliphatic heterocycles. The fourth-order valence-corrected chi connectivity index (χ4v) is 2.67. The molecule has 1 aromatic heterocycles. The molecule has 1 atom stereocenters. The van der Waals surface area contributed by atoms with E-state index in [1.165, 1.54) is 0 Å². The molecule has 0 aliphatic carbocycles. The summed E-state index contributed by atoms with van der Waals surface area (Å²) in [5.41, 5.74) is 2.22. The molecule has 2 amide bonds. The van der Waals surface area contributed by atoms with Gasteiger partial charge in [0.25, 0.3) is 0 Å². The van der Waals surface area contributed by atoms with Gasteiger partial charge in [-0.25, -0.2) is 4.79 Å². The van der Waals surface area contributed by atoms with Gasteiger partial charge in [0.1, 0.15) is 0 Å². The topological polar surface area (TPSA) is 59.4 Å². The zero-order chi connectivity index (χ0) is 15.6. The van der Waals surface area contributed by atoms with Crippen LogP contribution in [-0.2, 0) is 11.3 Å². The monoisotopic (exact) mass is 294 g/mol. The van der Waals surface area contributed by atoms with Gasteiger partial charge in [0.05, 0.1) is 25.5 Å². The van der Waals surface area contributed by atoms with Crippen molar-refractivity contribution in [3.8, 4) is 0 Å². The highest BCUT2D eigenvalue weighted by Crippen LogP contribution is 2.27. The minimum atomic E-state index is -0.0443. The molecule has 1 saturated heterocycles. The van der Waals surface area contributed by atoms with Crippen LogP contribution in [0.15, 0.2) is 6.07 Å². The third-order valence-corrected chi connectivity index (χ3v) is 3.79.